The third-order valence-electron chi connectivity index (χ3n) is 7.55. The normalized spacial score (nSPS) is 25.1. The van der Waals surface area contributed by atoms with Crippen molar-refractivity contribution in [1.82, 2.24) is 0 Å². The second-order valence-corrected chi connectivity index (χ2v) is 10.8. The molecule has 30 heavy (non-hydrogen) atoms. The zero-order valence-electron chi connectivity index (χ0n) is 19.6. The highest BCUT2D eigenvalue weighted by molar-refractivity contribution is 6.53. The van der Waals surface area contributed by atoms with E-state index in [0.29, 0.717) is 6.32 Å². The van der Waals surface area contributed by atoms with Crippen molar-refractivity contribution < 1.29 is 18.6 Å². The molecule has 1 unspecified atom stereocenters. The van der Waals surface area contributed by atoms with Crippen molar-refractivity contribution in [2.24, 2.45) is 0 Å². The molecule has 0 amide bonds. The lowest BCUT2D eigenvalue weighted by Gasteiger charge is -2.32. The van der Waals surface area contributed by atoms with Crippen molar-refractivity contribution in [2.45, 2.75) is 89.9 Å². The fourth-order valence-corrected chi connectivity index (χ4v) is 4.16. The lowest BCUT2D eigenvalue weighted by atomic mass is 9.58. The Morgan fingerprint density at radius 3 is 1.73 bits per heavy atom. The van der Waals surface area contributed by atoms with E-state index in [4.69, 9.17) is 18.6 Å². The minimum atomic E-state index is -0.386. The molecule has 2 saturated heterocycles. The van der Waals surface area contributed by atoms with E-state index in [1.54, 1.807) is 0 Å². The Balaban J connectivity index is 1.68. The first kappa shape index (κ1) is 21.9. The first-order chi connectivity index (χ1) is 13.8. The number of benzene rings is 2. The molecule has 0 spiro atoms. The van der Waals surface area contributed by atoms with Gasteiger partial charge in [0.25, 0.3) is 0 Å². The standard InChI is InChI=1S/C24H34B2O4/c1-21(2)22(3,4)28-25(27-21)16-20(26-29-23(5,6)24(7,8)30-26)19-14-13-17-11-9-10-12-18(17)15-19/h9-15,20H,16H2,1-8H3. The van der Waals surface area contributed by atoms with Crippen molar-refractivity contribution >= 4 is 25.0 Å². The van der Waals surface area contributed by atoms with Gasteiger partial charge >= 0.3 is 14.2 Å². The van der Waals surface area contributed by atoms with Gasteiger partial charge in [0.15, 0.2) is 0 Å². The summed E-state index contributed by atoms with van der Waals surface area (Å²) in [6.07, 6.45) is 0.669. The summed E-state index contributed by atoms with van der Waals surface area (Å²) in [5.41, 5.74) is -0.309. The second-order valence-electron chi connectivity index (χ2n) is 10.8. The van der Waals surface area contributed by atoms with E-state index in [0.717, 1.165) is 0 Å². The minimum absolute atomic E-state index is 0.00893. The molecule has 0 aromatic heterocycles. The van der Waals surface area contributed by atoms with Crippen LogP contribution in [0.4, 0.5) is 0 Å². The zero-order chi connectivity index (χ0) is 21.9. The van der Waals surface area contributed by atoms with Crippen LogP contribution in [0.25, 0.3) is 10.8 Å². The van der Waals surface area contributed by atoms with Gasteiger partial charge in [-0.3, -0.25) is 0 Å². The highest BCUT2D eigenvalue weighted by atomic mass is 16.7. The molecule has 2 aliphatic heterocycles. The molecule has 0 radical (unpaired) electrons. The van der Waals surface area contributed by atoms with Gasteiger partial charge in [0.05, 0.1) is 22.4 Å². The summed E-state index contributed by atoms with van der Waals surface area (Å²) in [6.45, 7) is 16.7. The van der Waals surface area contributed by atoms with Gasteiger partial charge in [0, 0.05) is 5.82 Å². The van der Waals surface area contributed by atoms with E-state index in [1.165, 1.54) is 16.3 Å². The fourth-order valence-electron chi connectivity index (χ4n) is 4.16. The average molecular weight is 408 g/mol. The first-order valence-electron chi connectivity index (χ1n) is 11.0. The third kappa shape index (κ3) is 3.73. The summed E-state index contributed by atoms with van der Waals surface area (Å²) in [7, 11) is -0.680. The molecule has 4 nitrogen and oxygen atoms in total. The van der Waals surface area contributed by atoms with Gasteiger partial charge in [-0.25, -0.2) is 0 Å². The summed E-state index contributed by atoms with van der Waals surface area (Å²) < 4.78 is 25.6. The molecule has 0 N–H and O–H groups in total. The van der Waals surface area contributed by atoms with Crippen LogP contribution in [-0.2, 0) is 18.6 Å². The Morgan fingerprint density at radius 2 is 1.17 bits per heavy atom. The largest absolute Gasteiger partial charge is 0.465 e. The lowest BCUT2D eigenvalue weighted by molar-refractivity contribution is 0.00578. The smallest absolute Gasteiger partial charge is 0.403 e. The van der Waals surface area contributed by atoms with Gasteiger partial charge < -0.3 is 18.6 Å². The third-order valence-corrected chi connectivity index (χ3v) is 7.55. The van der Waals surface area contributed by atoms with Crippen LogP contribution in [0, 0.1) is 0 Å². The predicted octanol–water partition coefficient (Wildman–Crippen LogP) is 5.65. The predicted molar refractivity (Wildman–Crippen MR) is 124 cm³/mol. The minimum Gasteiger partial charge on any atom is -0.403 e. The van der Waals surface area contributed by atoms with Crippen LogP contribution in [0.3, 0.4) is 0 Å². The van der Waals surface area contributed by atoms with E-state index >= 15 is 0 Å². The molecule has 2 fully saturated rings. The zero-order valence-corrected chi connectivity index (χ0v) is 19.6. The van der Waals surface area contributed by atoms with E-state index in [9.17, 15) is 0 Å². The van der Waals surface area contributed by atoms with E-state index in [1.807, 2.05) is 0 Å². The van der Waals surface area contributed by atoms with Gasteiger partial charge in [-0.15, -0.1) is 0 Å². The molecular weight excluding hydrogens is 374 g/mol. The molecular formula is C24H34B2O4. The maximum Gasteiger partial charge on any atom is 0.465 e. The van der Waals surface area contributed by atoms with Gasteiger partial charge in [0.2, 0.25) is 0 Å². The molecule has 0 bridgehead atoms. The monoisotopic (exact) mass is 408 g/mol. The number of hydrogen-bond acceptors (Lipinski definition) is 4. The molecule has 2 aromatic rings. The van der Waals surface area contributed by atoms with Crippen LogP contribution in [0.15, 0.2) is 42.5 Å². The average Bonchev–Trinajstić information content (AvgIpc) is 2.98. The van der Waals surface area contributed by atoms with Crippen LogP contribution < -0.4 is 0 Å². The van der Waals surface area contributed by atoms with Crippen LogP contribution in [0.5, 0.6) is 0 Å². The summed E-state index contributed by atoms with van der Waals surface area (Å²) in [6, 6.07) is 15.0. The maximum absolute atomic E-state index is 6.47. The topological polar surface area (TPSA) is 36.9 Å². The van der Waals surface area contributed by atoms with Crippen molar-refractivity contribution in [2.75, 3.05) is 0 Å². The Hall–Kier alpha value is -1.33. The van der Waals surface area contributed by atoms with Gasteiger partial charge in [-0.2, -0.15) is 0 Å². The van der Waals surface area contributed by atoms with Crippen molar-refractivity contribution in [1.29, 1.82) is 0 Å². The van der Waals surface area contributed by atoms with Crippen molar-refractivity contribution in [3.63, 3.8) is 0 Å². The van der Waals surface area contributed by atoms with Gasteiger partial charge in [-0.05, 0) is 78.0 Å². The Kier molecular flexibility index (Phi) is 5.18. The van der Waals surface area contributed by atoms with Gasteiger partial charge in [0.1, 0.15) is 0 Å². The number of rotatable bonds is 4. The molecule has 160 valence electrons. The summed E-state index contributed by atoms with van der Waals surface area (Å²) in [4.78, 5) is 0. The summed E-state index contributed by atoms with van der Waals surface area (Å²) in [5, 5.41) is 2.44. The second kappa shape index (κ2) is 7.09. The first-order valence-corrected chi connectivity index (χ1v) is 11.0. The van der Waals surface area contributed by atoms with Crippen molar-refractivity contribution in [3.8, 4) is 0 Å². The molecule has 2 aliphatic rings. The number of hydrogen-bond donors (Lipinski definition) is 0. The van der Waals surface area contributed by atoms with Crippen LogP contribution >= 0.6 is 0 Å². The number of fused-ring (bicyclic) bond motifs is 1. The van der Waals surface area contributed by atoms with E-state index in [-0.39, 0.29) is 42.5 Å². The lowest BCUT2D eigenvalue weighted by Crippen LogP contribution is -2.41. The molecule has 6 heteroatoms. The van der Waals surface area contributed by atoms with E-state index < -0.39 is 0 Å². The molecule has 1 atom stereocenters. The Morgan fingerprint density at radius 1 is 0.667 bits per heavy atom. The Labute approximate surface area is 181 Å². The molecule has 4 rings (SSSR count). The highest BCUT2D eigenvalue weighted by Gasteiger charge is 2.57. The molecule has 0 saturated carbocycles. The highest BCUT2D eigenvalue weighted by Crippen LogP contribution is 2.45. The maximum atomic E-state index is 6.47. The van der Waals surface area contributed by atoms with Crippen molar-refractivity contribution in [3.05, 3.63) is 48.0 Å². The quantitative estimate of drug-likeness (QED) is 0.613. The van der Waals surface area contributed by atoms with Crippen LogP contribution in [0.2, 0.25) is 6.32 Å². The summed E-state index contributed by atoms with van der Waals surface area (Å²) in [5.74, 6) is -0.00893. The summed E-state index contributed by atoms with van der Waals surface area (Å²) >= 11 is 0. The van der Waals surface area contributed by atoms with Crippen LogP contribution in [-0.4, -0.2) is 36.6 Å². The van der Waals surface area contributed by atoms with E-state index in [2.05, 4.69) is 97.9 Å². The van der Waals surface area contributed by atoms with Crippen LogP contribution in [0.1, 0.15) is 66.8 Å². The molecule has 2 heterocycles. The fraction of sp³-hybridized carbons (Fsp3) is 0.583. The molecule has 0 aliphatic carbocycles. The Bertz CT molecular complexity index is 906. The van der Waals surface area contributed by atoms with Gasteiger partial charge in [-0.1, -0.05) is 42.5 Å². The molecule has 2 aromatic carbocycles. The SMILES string of the molecule is CC1(C)OB(CC(B2OC(C)(C)C(C)(C)O2)c2ccc3ccccc3c2)OC1(C)C.